The third-order valence-electron chi connectivity index (χ3n) is 5.92. The third-order valence-corrected chi connectivity index (χ3v) is 5.92. The highest BCUT2D eigenvalue weighted by Gasteiger charge is 2.18. The van der Waals surface area contributed by atoms with Crippen LogP contribution in [0.25, 0.3) is 0 Å². The number of hydrogen-bond acceptors (Lipinski definition) is 3. The van der Waals surface area contributed by atoms with Gasteiger partial charge in [-0.15, -0.1) is 0 Å². The summed E-state index contributed by atoms with van der Waals surface area (Å²) in [6, 6.07) is 17.7. The lowest BCUT2D eigenvalue weighted by molar-refractivity contribution is 0.153. The van der Waals surface area contributed by atoms with Gasteiger partial charge in [0.1, 0.15) is 11.5 Å². The first-order valence-corrected chi connectivity index (χ1v) is 10.8. The molecule has 0 saturated carbocycles. The number of ether oxygens (including phenoxy) is 2. The Morgan fingerprint density at radius 1 is 0.964 bits per heavy atom. The van der Waals surface area contributed by atoms with Gasteiger partial charge in [0.15, 0.2) is 0 Å². The van der Waals surface area contributed by atoms with Crippen LogP contribution in [0.3, 0.4) is 0 Å². The van der Waals surface area contributed by atoms with E-state index in [4.69, 9.17) is 9.47 Å². The minimum Gasteiger partial charge on any atom is -0.497 e. The van der Waals surface area contributed by atoms with Crippen LogP contribution in [-0.4, -0.2) is 38.3 Å². The first kappa shape index (κ1) is 20.7. The van der Waals surface area contributed by atoms with Gasteiger partial charge in [0, 0.05) is 6.04 Å². The number of rotatable bonds is 10. The standard InChI is InChI=1S/C25H35NO2/c1-26-19-8-7-12-23(26)18-20-28-25-13-6-5-11-22(25)10-4-3-9-21-14-16-24(27-2)17-15-21/h5-6,11,13-17,23H,3-4,7-10,12,18-20H2,1-2H3. The maximum absolute atomic E-state index is 6.19. The van der Waals surface area contributed by atoms with Crippen LogP contribution in [0.1, 0.15) is 49.7 Å². The molecule has 3 rings (SSSR count). The third kappa shape index (κ3) is 6.27. The van der Waals surface area contributed by atoms with Crippen molar-refractivity contribution in [2.24, 2.45) is 0 Å². The number of methoxy groups -OCH3 is 1. The van der Waals surface area contributed by atoms with Crippen LogP contribution < -0.4 is 9.47 Å². The minimum atomic E-state index is 0.686. The van der Waals surface area contributed by atoms with Gasteiger partial charge in [-0.25, -0.2) is 0 Å². The van der Waals surface area contributed by atoms with Gasteiger partial charge in [0.2, 0.25) is 0 Å². The largest absolute Gasteiger partial charge is 0.497 e. The minimum absolute atomic E-state index is 0.686. The zero-order valence-electron chi connectivity index (χ0n) is 17.5. The van der Waals surface area contributed by atoms with Crippen molar-refractivity contribution in [1.82, 2.24) is 4.90 Å². The van der Waals surface area contributed by atoms with Crippen molar-refractivity contribution in [3.05, 3.63) is 59.7 Å². The quantitative estimate of drug-likeness (QED) is 0.506. The van der Waals surface area contributed by atoms with Gasteiger partial charge in [-0.1, -0.05) is 36.8 Å². The molecule has 2 aromatic rings. The van der Waals surface area contributed by atoms with E-state index in [1.54, 1.807) is 7.11 Å². The zero-order valence-corrected chi connectivity index (χ0v) is 17.5. The fraction of sp³-hybridized carbons (Fsp3) is 0.520. The van der Waals surface area contributed by atoms with Crippen LogP contribution >= 0.6 is 0 Å². The van der Waals surface area contributed by atoms with E-state index in [0.29, 0.717) is 6.04 Å². The molecule has 28 heavy (non-hydrogen) atoms. The Bertz CT molecular complexity index is 698. The van der Waals surface area contributed by atoms with E-state index in [9.17, 15) is 0 Å². The highest BCUT2D eigenvalue weighted by molar-refractivity contribution is 5.33. The summed E-state index contributed by atoms with van der Waals surface area (Å²) in [5.41, 5.74) is 2.72. The molecule has 1 unspecified atom stereocenters. The van der Waals surface area contributed by atoms with E-state index in [0.717, 1.165) is 37.4 Å². The Hall–Kier alpha value is -2.00. The number of unbranched alkanes of at least 4 members (excludes halogenated alkanes) is 1. The molecule has 3 heteroatoms. The number of benzene rings is 2. The normalized spacial score (nSPS) is 17.4. The van der Waals surface area contributed by atoms with Crippen molar-refractivity contribution >= 4 is 0 Å². The van der Waals surface area contributed by atoms with Gasteiger partial charge in [0.05, 0.1) is 13.7 Å². The van der Waals surface area contributed by atoms with Crippen molar-refractivity contribution in [2.75, 3.05) is 27.3 Å². The lowest BCUT2D eigenvalue weighted by Gasteiger charge is -2.32. The second kappa shape index (κ2) is 11.1. The molecule has 1 heterocycles. The van der Waals surface area contributed by atoms with Crippen molar-refractivity contribution in [1.29, 1.82) is 0 Å². The van der Waals surface area contributed by atoms with Gasteiger partial charge < -0.3 is 14.4 Å². The fourth-order valence-electron chi connectivity index (χ4n) is 4.10. The SMILES string of the molecule is COc1ccc(CCCCc2ccccc2OCCC2CCCCN2C)cc1. The molecule has 0 amide bonds. The Morgan fingerprint density at radius 3 is 2.54 bits per heavy atom. The lowest BCUT2D eigenvalue weighted by Crippen LogP contribution is -2.37. The topological polar surface area (TPSA) is 21.7 Å². The molecule has 1 aliphatic heterocycles. The summed E-state index contributed by atoms with van der Waals surface area (Å²) >= 11 is 0. The van der Waals surface area contributed by atoms with Crippen molar-refractivity contribution in [3.63, 3.8) is 0 Å². The van der Waals surface area contributed by atoms with Crippen molar-refractivity contribution in [3.8, 4) is 11.5 Å². The van der Waals surface area contributed by atoms with E-state index in [1.807, 2.05) is 12.1 Å². The summed E-state index contributed by atoms with van der Waals surface area (Å²) in [4.78, 5) is 2.50. The van der Waals surface area contributed by atoms with Crippen molar-refractivity contribution < 1.29 is 9.47 Å². The second-order valence-corrected chi connectivity index (χ2v) is 7.93. The second-order valence-electron chi connectivity index (χ2n) is 7.93. The molecular weight excluding hydrogens is 346 g/mol. The predicted molar refractivity (Wildman–Crippen MR) is 116 cm³/mol. The van der Waals surface area contributed by atoms with E-state index in [2.05, 4.69) is 48.3 Å². The molecule has 1 saturated heterocycles. The highest BCUT2D eigenvalue weighted by Crippen LogP contribution is 2.23. The Balaban J connectivity index is 1.41. The van der Waals surface area contributed by atoms with Gasteiger partial charge in [-0.05, 0) is 87.9 Å². The van der Waals surface area contributed by atoms with Crippen molar-refractivity contribution in [2.45, 2.75) is 57.4 Å². The molecule has 0 bridgehead atoms. The molecule has 1 atom stereocenters. The summed E-state index contributed by atoms with van der Waals surface area (Å²) < 4.78 is 11.4. The van der Waals surface area contributed by atoms with E-state index in [-0.39, 0.29) is 0 Å². The van der Waals surface area contributed by atoms with Gasteiger partial charge in [-0.2, -0.15) is 0 Å². The van der Waals surface area contributed by atoms with Gasteiger partial charge in [-0.3, -0.25) is 0 Å². The average Bonchev–Trinajstić information content (AvgIpc) is 2.74. The number of piperidine rings is 1. The highest BCUT2D eigenvalue weighted by atomic mass is 16.5. The van der Waals surface area contributed by atoms with Gasteiger partial charge in [0.25, 0.3) is 0 Å². The molecule has 1 aliphatic rings. The smallest absolute Gasteiger partial charge is 0.122 e. The van der Waals surface area contributed by atoms with E-state index < -0.39 is 0 Å². The molecular formula is C25H35NO2. The zero-order chi connectivity index (χ0) is 19.6. The maximum Gasteiger partial charge on any atom is 0.122 e. The maximum atomic E-state index is 6.19. The monoisotopic (exact) mass is 381 g/mol. The Kier molecular flexibility index (Phi) is 8.23. The van der Waals surface area contributed by atoms with Crippen LogP contribution in [0.15, 0.2) is 48.5 Å². The molecule has 3 nitrogen and oxygen atoms in total. The summed E-state index contributed by atoms with van der Waals surface area (Å²) in [5.74, 6) is 2.00. The summed E-state index contributed by atoms with van der Waals surface area (Å²) in [6.07, 6.45) is 9.70. The number of hydrogen-bond donors (Lipinski definition) is 0. The summed E-state index contributed by atoms with van der Waals surface area (Å²) in [7, 11) is 3.96. The molecule has 0 aromatic heterocycles. The molecule has 152 valence electrons. The van der Waals surface area contributed by atoms with Gasteiger partial charge >= 0.3 is 0 Å². The number of likely N-dealkylation sites (tertiary alicyclic amines) is 1. The van der Waals surface area contributed by atoms with Crippen LogP contribution in [0, 0.1) is 0 Å². The van der Waals surface area contributed by atoms with Crippen LogP contribution in [0.2, 0.25) is 0 Å². The Labute approximate surface area is 170 Å². The van der Waals surface area contributed by atoms with E-state index in [1.165, 1.54) is 49.8 Å². The fourth-order valence-corrected chi connectivity index (χ4v) is 4.10. The van der Waals surface area contributed by atoms with Crippen LogP contribution in [0.4, 0.5) is 0 Å². The first-order chi connectivity index (χ1) is 13.8. The first-order valence-electron chi connectivity index (χ1n) is 10.8. The number of para-hydroxylation sites is 1. The predicted octanol–water partition coefficient (Wildman–Crippen LogP) is 5.51. The van der Waals surface area contributed by atoms with Crippen LogP contribution in [0.5, 0.6) is 11.5 Å². The Morgan fingerprint density at radius 2 is 1.75 bits per heavy atom. The number of aryl methyl sites for hydroxylation is 2. The molecule has 1 fully saturated rings. The molecule has 0 spiro atoms. The lowest BCUT2D eigenvalue weighted by atomic mass is 10.0. The average molecular weight is 382 g/mol. The van der Waals surface area contributed by atoms with E-state index >= 15 is 0 Å². The summed E-state index contributed by atoms with van der Waals surface area (Å²) in [5, 5.41) is 0. The summed E-state index contributed by atoms with van der Waals surface area (Å²) in [6.45, 7) is 2.05. The molecule has 2 aromatic carbocycles. The number of nitrogens with zero attached hydrogens (tertiary/aromatic N) is 1. The molecule has 0 aliphatic carbocycles. The molecule has 0 N–H and O–H groups in total. The molecule has 0 radical (unpaired) electrons. The van der Waals surface area contributed by atoms with Crippen LogP contribution in [-0.2, 0) is 12.8 Å².